The number of nitrogens with one attached hydrogen (secondary N) is 1. The molecule has 3 heteroatoms. The van der Waals surface area contributed by atoms with E-state index < -0.39 is 0 Å². The van der Waals surface area contributed by atoms with Crippen molar-refractivity contribution in [1.29, 1.82) is 0 Å². The van der Waals surface area contributed by atoms with E-state index in [1.54, 1.807) is 17.4 Å². The number of hydrogen-bond acceptors (Lipinski definition) is 2. The molecule has 0 spiro atoms. The highest BCUT2D eigenvalue weighted by Gasteiger charge is 2.10. The maximum Gasteiger partial charge on any atom is 0.123 e. The van der Waals surface area contributed by atoms with Crippen molar-refractivity contribution >= 4 is 21.4 Å². The highest BCUT2D eigenvalue weighted by atomic mass is 32.1. The molecular formula is C12H14FNS. The Balaban J connectivity index is 2.46. The van der Waals surface area contributed by atoms with Crippen molar-refractivity contribution in [2.45, 2.75) is 19.4 Å². The van der Waals surface area contributed by atoms with Crippen molar-refractivity contribution in [3.63, 3.8) is 0 Å². The molecule has 80 valence electrons. The highest BCUT2D eigenvalue weighted by molar-refractivity contribution is 7.19. The van der Waals surface area contributed by atoms with Crippen LogP contribution in [0.4, 0.5) is 4.39 Å². The Morgan fingerprint density at radius 2 is 2.20 bits per heavy atom. The second kappa shape index (κ2) is 4.29. The van der Waals surface area contributed by atoms with E-state index in [4.69, 9.17) is 0 Å². The van der Waals surface area contributed by atoms with E-state index in [-0.39, 0.29) is 5.82 Å². The van der Waals surface area contributed by atoms with Crippen LogP contribution in [0, 0.1) is 5.82 Å². The largest absolute Gasteiger partial charge is 0.312 e. The summed E-state index contributed by atoms with van der Waals surface area (Å²) in [6.45, 7) is 2.14. The number of halogens is 1. The quantitative estimate of drug-likeness (QED) is 0.836. The fourth-order valence-electron chi connectivity index (χ4n) is 1.75. The van der Waals surface area contributed by atoms with Gasteiger partial charge in [-0.2, -0.15) is 0 Å². The van der Waals surface area contributed by atoms with Crippen LogP contribution in [0.3, 0.4) is 0 Å². The minimum absolute atomic E-state index is 0.163. The average molecular weight is 223 g/mol. The molecule has 15 heavy (non-hydrogen) atoms. The second-order valence-electron chi connectivity index (χ2n) is 3.58. The van der Waals surface area contributed by atoms with Crippen LogP contribution in [0.2, 0.25) is 0 Å². The Hall–Kier alpha value is -0.930. The van der Waals surface area contributed by atoms with Gasteiger partial charge in [0.25, 0.3) is 0 Å². The fourth-order valence-corrected chi connectivity index (χ4v) is 2.99. The lowest BCUT2D eigenvalue weighted by molar-refractivity contribution is 0.587. The van der Waals surface area contributed by atoms with Gasteiger partial charge in [-0.3, -0.25) is 0 Å². The monoisotopic (exact) mass is 223 g/mol. The van der Waals surface area contributed by atoms with Crippen LogP contribution in [0.5, 0.6) is 0 Å². The summed E-state index contributed by atoms with van der Waals surface area (Å²) in [6, 6.07) is 7.42. The molecule has 0 fully saturated rings. The van der Waals surface area contributed by atoms with Gasteiger partial charge < -0.3 is 5.32 Å². The Morgan fingerprint density at radius 1 is 1.40 bits per heavy atom. The number of hydrogen-bond donors (Lipinski definition) is 1. The smallest absolute Gasteiger partial charge is 0.123 e. The first-order chi connectivity index (χ1) is 7.24. The van der Waals surface area contributed by atoms with Crippen molar-refractivity contribution in [3.05, 3.63) is 35.0 Å². The topological polar surface area (TPSA) is 12.0 Å². The lowest BCUT2D eigenvalue weighted by atomic mass is 10.1. The molecule has 1 heterocycles. The molecule has 1 nitrogen and oxygen atoms in total. The van der Waals surface area contributed by atoms with E-state index in [1.807, 2.05) is 13.1 Å². The molecule has 0 amide bonds. The van der Waals surface area contributed by atoms with E-state index in [0.29, 0.717) is 6.04 Å². The van der Waals surface area contributed by atoms with Crippen molar-refractivity contribution in [2.24, 2.45) is 0 Å². The van der Waals surface area contributed by atoms with Gasteiger partial charge in [0.15, 0.2) is 0 Å². The molecule has 1 aromatic carbocycles. The van der Waals surface area contributed by atoms with Gasteiger partial charge >= 0.3 is 0 Å². The minimum atomic E-state index is -0.163. The van der Waals surface area contributed by atoms with Gasteiger partial charge in [-0.25, -0.2) is 4.39 Å². The molecule has 0 aliphatic carbocycles. The fraction of sp³-hybridized carbons (Fsp3) is 0.333. The number of rotatable bonds is 3. The standard InChI is InChI=1S/C12H14FNS/c1-3-10(14-2)12-7-8-6-9(13)4-5-11(8)15-12/h4-7,10,14H,3H2,1-2H3. The molecule has 2 rings (SSSR count). The van der Waals surface area contributed by atoms with Gasteiger partial charge in [-0.05, 0) is 43.1 Å². The third-order valence-corrected chi connectivity index (χ3v) is 3.83. The van der Waals surface area contributed by atoms with Gasteiger partial charge in [0, 0.05) is 15.6 Å². The van der Waals surface area contributed by atoms with Gasteiger partial charge in [0.1, 0.15) is 5.82 Å². The Kier molecular flexibility index (Phi) is 3.03. The van der Waals surface area contributed by atoms with Gasteiger partial charge in [-0.15, -0.1) is 11.3 Å². The number of benzene rings is 1. The third kappa shape index (κ3) is 2.03. The maximum absolute atomic E-state index is 13.0. The molecule has 0 aliphatic heterocycles. The maximum atomic E-state index is 13.0. The Bertz CT molecular complexity index is 460. The first kappa shape index (κ1) is 10.6. The molecule has 1 aromatic heterocycles. The van der Waals surface area contributed by atoms with Crippen molar-refractivity contribution in [1.82, 2.24) is 5.32 Å². The molecule has 2 aromatic rings. The molecule has 0 saturated heterocycles. The molecule has 1 unspecified atom stereocenters. The average Bonchev–Trinajstić information content (AvgIpc) is 2.62. The summed E-state index contributed by atoms with van der Waals surface area (Å²) < 4.78 is 14.2. The van der Waals surface area contributed by atoms with E-state index in [9.17, 15) is 4.39 Å². The molecule has 1 atom stereocenters. The first-order valence-corrected chi connectivity index (χ1v) is 5.92. The summed E-state index contributed by atoms with van der Waals surface area (Å²) in [5.74, 6) is -0.163. The van der Waals surface area contributed by atoms with Crippen LogP contribution in [0.15, 0.2) is 24.3 Å². The van der Waals surface area contributed by atoms with E-state index >= 15 is 0 Å². The van der Waals surface area contributed by atoms with Crippen LogP contribution in [-0.4, -0.2) is 7.05 Å². The predicted molar refractivity (Wildman–Crippen MR) is 63.9 cm³/mol. The lowest BCUT2D eigenvalue weighted by Gasteiger charge is -2.10. The first-order valence-electron chi connectivity index (χ1n) is 5.11. The SMILES string of the molecule is CCC(NC)c1cc2cc(F)ccc2s1. The molecule has 1 N–H and O–H groups in total. The molecular weight excluding hydrogens is 209 g/mol. The zero-order valence-corrected chi connectivity index (χ0v) is 9.70. The Labute approximate surface area is 92.9 Å². The molecule has 0 radical (unpaired) electrons. The minimum Gasteiger partial charge on any atom is -0.312 e. The van der Waals surface area contributed by atoms with Crippen LogP contribution in [-0.2, 0) is 0 Å². The summed E-state index contributed by atoms with van der Waals surface area (Å²) >= 11 is 1.73. The predicted octanol–water partition coefficient (Wildman–Crippen LogP) is 3.71. The molecule has 0 aliphatic rings. The summed E-state index contributed by atoms with van der Waals surface area (Å²) in [5, 5.41) is 4.26. The van der Waals surface area contributed by atoms with E-state index in [2.05, 4.69) is 18.3 Å². The van der Waals surface area contributed by atoms with Crippen molar-refractivity contribution in [2.75, 3.05) is 7.05 Å². The zero-order valence-electron chi connectivity index (χ0n) is 8.88. The zero-order chi connectivity index (χ0) is 10.8. The van der Waals surface area contributed by atoms with E-state index in [1.165, 1.54) is 10.9 Å². The molecule has 0 bridgehead atoms. The van der Waals surface area contributed by atoms with Gasteiger partial charge in [-0.1, -0.05) is 6.92 Å². The molecule has 0 saturated carbocycles. The van der Waals surface area contributed by atoms with Crippen LogP contribution >= 0.6 is 11.3 Å². The van der Waals surface area contributed by atoms with E-state index in [0.717, 1.165) is 16.5 Å². The van der Waals surface area contributed by atoms with Gasteiger partial charge in [0.2, 0.25) is 0 Å². The number of fused-ring (bicyclic) bond motifs is 1. The van der Waals surface area contributed by atoms with Gasteiger partial charge in [0.05, 0.1) is 0 Å². The van der Waals surface area contributed by atoms with Crippen molar-refractivity contribution < 1.29 is 4.39 Å². The van der Waals surface area contributed by atoms with Crippen molar-refractivity contribution in [3.8, 4) is 0 Å². The van der Waals surface area contributed by atoms with Crippen LogP contribution in [0.25, 0.3) is 10.1 Å². The second-order valence-corrected chi connectivity index (χ2v) is 4.70. The Morgan fingerprint density at radius 3 is 2.87 bits per heavy atom. The number of thiophene rings is 1. The summed E-state index contributed by atoms with van der Waals surface area (Å²) in [6.07, 6.45) is 1.05. The van der Waals surface area contributed by atoms with Crippen LogP contribution < -0.4 is 5.32 Å². The normalized spacial score (nSPS) is 13.3. The summed E-state index contributed by atoms with van der Waals surface area (Å²) in [4.78, 5) is 1.28. The summed E-state index contributed by atoms with van der Waals surface area (Å²) in [7, 11) is 1.96. The highest BCUT2D eigenvalue weighted by Crippen LogP contribution is 2.31. The van der Waals surface area contributed by atoms with Crippen LogP contribution in [0.1, 0.15) is 24.3 Å². The lowest BCUT2D eigenvalue weighted by Crippen LogP contribution is -2.13. The summed E-state index contributed by atoms with van der Waals surface area (Å²) in [5.41, 5.74) is 0. The third-order valence-electron chi connectivity index (χ3n) is 2.60.